The number of hydrogen-bond donors (Lipinski definition) is 3. The first-order valence-corrected chi connectivity index (χ1v) is 12.9. The van der Waals surface area contributed by atoms with E-state index in [0.29, 0.717) is 12.6 Å². The Morgan fingerprint density at radius 1 is 1.14 bits per heavy atom. The first-order valence-electron chi connectivity index (χ1n) is 12.9. The molecule has 1 aliphatic rings. The highest BCUT2D eigenvalue weighted by Crippen LogP contribution is 2.34. The monoisotopic (exact) mass is 488 g/mol. The van der Waals surface area contributed by atoms with E-state index in [9.17, 15) is 0 Å². The van der Waals surface area contributed by atoms with E-state index in [2.05, 4.69) is 68.5 Å². The van der Waals surface area contributed by atoms with Crippen molar-refractivity contribution in [2.45, 2.75) is 51.7 Å². The lowest BCUT2D eigenvalue weighted by molar-refractivity contribution is 0.0776. The smallest absolute Gasteiger partial charge is 0.222 e. The summed E-state index contributed by atoms with van der Waals surface area (Å²) in [5.74, 6) is 1.93. The SMILES string of the molecule is CCCCNc1nc(N)nc2c3ccccc3n(Cc3cc(CNC4CCOCC4)ccc3OC)c12. The van der Waals surface area contributed by atoms with Crippen LogP contribution in [0.1, 0.15) is 43.7 Å². The van der Waals surface area contributed by atoms with E-state index in [1.165, 1.54) is 5.56 Å². The van der Waals surface area contributed by atoms with Crippen LogP contribution in [0.4, 0.5) is 11.8 Å². The van der Waals surface area contributed by atoms with Crippen molar-refractivity contribution in [1.29, 1.82) is 0 Å². The summed E-state index contributed by atoms with van der Waals surface area (Å²) in [5.41, 5.74) is 11.4. The molecule has 8 heteroatoms. The maximum Gasteiger partial charge on any atom is 0.222 e. The molecule has 0 spiro atoms. The summed E-state index contributed by atoms with van der Waals surface area (Å²) in [6, 6.07) is 15.3. The number of anilines is 2. The third-order valence-corrected chi connectivity index (χ3v) is 6.93. The van der Waals surface area contributed by atoms with Crippen LogP contribution in [0.3, 0.4) is 0 Å². The predicted molar refractivity (Wildman–Crippen MR) is 146 cm³/mol. The molecule has 2 aromatic carbocycles. The van der Waals surface area contributed by atoms with E-state index < -0.39 is 0 Å². The highest BCUT2D eigenvalue weighted by molar-refractivity contribution is 6.09. The van der Waals surface area contributed by atoms with Crippen LogP contribution in [0.15, 0.2) is 42.5 Å². The van der Waals surface area contributed by atoms with Crippen molar-refractivity contribution in [3.63, 3.8) is 0 Å². The van der Waals surface area contributed by atoms with E-state index in [4.69, 9.17) is 15.2 Å². The minimum Gasteiger partial charge on any atom is -0.496 e. The number of aromatic nitrogens is 3. The van der Waals surface area contributed by atoms with Crippen LogP contribution in [0, 0.1) is 0 Å². The highest BCUT2D eigenvalue weighted by Gasteiger charge is 2.19. The van der Waals surface area contributed by atoms with Crippen LogP contribution in [0.25, 0.3) is 21.9 Å². The molecule has 8 nitrogen and oxygen atoms in total. The van der Waals surface area contributed by atoms with Gasteiger partial charge in [-0.2, -0.15) is 4.98 Å². The van der Waals surface area contributed by atoms with Crippen LogP contribution in [0.2, 0.25) is 0 Å². The van der Waals surface area contributed by atoms with Crippen LogP contribution in [0.5, 0.6) is 5.75 Å². The Balaban J connectivity index is 1.53. The van der Waals surface area contributed by atoms with Gasteiger partial charge in [0.1, 0.15) is 16.8 Å². The number of nitrogens with zero attached hydrogens (tertiary/aromatic N) is 3. The van der Waals surface area contributed by atoms with Crippen LogP contribution < -0.4 is 21.1 Å². The van der Waals surface area contributed by atoms with Crippen molar-refractivity contribution in [3.05, 3.63) is 53.6 Å². The molecule has 1 aliphatic heterocycles. The number of unbranched alkanes of at least 4 members (excludes halogenated alkanes) is 1. The molecule has 0 radical (unpaired) electrons. The lowest BCUT2D eigenvalue weighted by Crippen LogP contribution is -2.34. The van der Waals surface area contributed by atoms with Gasteiger partial charge in [-0.1, -0.05) is 37.6 Å². The Kier molecular flexibility index (Phi) is 7.53. The summed E-state index contributed by atoms with van der Waals surface area (Å²) in [4.78, 5) is 9.25. The lowest BCUT2D eigenvalue weighted by Gasteiger charge is -2.23. The van der Waals surface area contributed by atoms with Crippen molar-refractivity contribution in [2.75, 3.05) is 37.9 Å². The molecule has 2 aromatic heterocycles. The van der Waals surface area contributed by atoms with Gasteiger partial charge in [0, 0.05) is 43.3 Å². The number of para-hydroxylation sites is 1. The standard InChI is InChI=1S/C28H36N6O2/c1-3-4-13-30-27-26-25(32-28(29)33-27)22-7-5-6-8-23(22)34(26)18-20-16-19(9-10-24(20)35-2)17-31-21-11-14-36-15-12-21/h5-10,16,21,31H,3-4,11-15,17-18H2,1-2H3,(H3,29,30,32,33). The molecule has 4 N–H and O–H groups in total. The topological polar surface area (TPSA) is 99.2 Å². The molecule has 0 unspecified atom stereocenters. The minimum atomic E-state index is 0.281. The average molecular weight is 489 g/mol. The van der Waals surface area contributed by atoms with Gasteiger partial charge in [0.25, 0.3) is 0 Å². The molecule has 0 amide bonds. The number of fused-ring (bicyclic) bond motifs is 3. The van der Waals surface area contributed by atoms with Gasteiger partial charge in [-0.05, 0) is 43.0 Å². The third kappa shape index (κ3) is 5.10. The van der Waals surface area contributed by atoms with Gasteiger partial charge in [0.2, 0.25) is 5.95 Å². The third-order valence-electron chi connectivity index (χ3n) is 6.93. The number of benzene rings is 2. The van der Waals surface area contributed by atoms with E-state index in [1.54, 1.807) is 7.11 Å². The zero-order valence-corrected chi connectivity index (χ0v) is 21.2. The fourth-order valence-corrected chi connectivity index (χ4v) is 5.02. The summed E-state index contributed by atoms with van der Waals surface area (Å²) in [7, 11) is 1.73. The summed E-state index contributed by atoms with van der Waals surface area (Å²) in [6.07, 6.45) is 4.27. The van der Waals surface area contributed by atoms with Gasteiger partial charge in [-0.3, -0.25) is 0 Å². The zero-order valence-electron chi connectivity index (χ0n) is 21.2. The van der Waals surface area contributed by atoms with E-state index in [-0.39, 0.29) is 5.95 Å². The first kappa shape index (κ1) is 24.3. The van der Waals surface area contributed by atoms with Gasteiger partial charge in [-0.25, -0.2) is 4.98 Å². The number of methoxy groups -OCH3 is 1. The molecule has 0 atom stereocenters. The molecule has 1 saturated heterocycles. The second-order valence-corrected chi connectivity index (χ2v) is 9.42. The van der Waals surface area contributed by atoms with E-state index >= 15 is 0 Å². The minimum absolute atomic E-state index is 0.281. The molecule has 0 aliphatic carbocycles. The van der Waals surface area contributed by atoms with Gasteiger partial charge in [0.05, 0.1) is 19.2 Å². The van der Waals surface area contributed by atoms with Crippen LogP contribution >= 0.6 is 0 Å². The quantitative estimate of drug-likeness (QED) is 0.278. The predicted octanol–water partition coefficient (Wildman–Crippen LogP) is 4.70. The summed E-state index contributed by atoms with van der Waals surface area (Å²) in [5, 5.41) is 8.27. The number of hydrogen-bond acceptors (Lipinski definition) is 7. The normalized spacial score (nSPS) is 14.5. The highest BCUT2D eigenvalue weighted by atomic mass is 16.5. The Hall–Kier alpha value is -3.36. The molecule has 5 rings (SSSR count). The fourth-order valence-electron chi connectivity index (χ4n) is 5.02. The number of nitrogen functional groups attached to an aromatic ring is 1. The second-order valence-electron chi connectivity index (χ2n) is 9.42. The van der Waals surface area contributed by atoms with Crippen molar-refractivity contribution in [2.24, 2.45) is 0 Å². The molecule has 190 valence electrons. The Labute approximate surface area is 212 Å². The second kappa shape index (κ2) is 11.1. The van der Waals surface area contributed by atoms with Crippen LogP contribution in [-0.2, 0) is 17.8 Å². The molecule has 0 saturated carbocycles. The fraction of sp³-hybridized carbons (Fsp3) is 0.429. The Bertz CT molecular complexity index is 1330. The molecular formula is C28H36N6O2. The lowest BCUT2D eigenvalue weighted by atomic mass is 10.1. The maximum atomic E-state index is 6.14. The van der Waals surface area contributed by atoms with Gasteiger partial charge in [-0.15, -0.1) is 0 Å². The van der Waals surface area contributed by atoms with Crippen molar-refractivity contribution in [1.82, 2.24) is 19.9 Å². The summed E-state index contributed by atoms with van der Waals surface area (Å²) in [6.45, 7) is 6.13. The van der Waals surface area contributed by atoms with Gasteiger partial charge >= 0.3 is 0 Å². The largest absolute Gasteiger partial charge is 0.496 e. The summed E-state index contributed by atoms with van der Waals surface area (Å²) >= 11 is 0. The number of nitrogens with one attached hydrogen (secondary N) is 2. The molecule has 3 heterocycles. The molecular weight excluding hydrogens is 452 g/mol. The van der Waals surface area contributed by atoms with Crippen molar-refractivity contribution in [3.8, 4) is 5.75 Å². The summed E-state index contributed by atoms with van der Waals surface area (Å²) < 4.78 is 13.6. The first-order chi connectivity index (χ1) is 17.7. The van der Waals surface area contributed by atoms with Crippen molar-refractivity contribution >= 4 is 33.7 Å². The van der Waals surface area contributed by atoms with Gasteiger partial charge in [0.15, 0.2) is 5.82 Å². The molecule has 1 fully saturated rings. The molecule has 0 bridgehead atoms. The van der Waals surface area contributed by atoms with Crippen molar-refractivity contribution < 1.29 is 9.47 Å². The average Bonchev–Trinajstić information content (AvgIpc) is 3.21. The number of ether oxygens (including phenoxy) is 2. The Morgan fingerprint density at radius 3 is 2.78 bits per heavy atom. The van der Waals surface area contributed by atoms with Gasteiger partial charge < -0.3 is 30.4 Å². The number of nitrogens with two attached hydrogens (primary N) is 1. The maximum absolute atomic E-state index is 6.14. The Morgan fingerprint density at radius 2 is 1.97 bits per heavy atom. The van der Waals surface area contributed by atoms with Crippen LogP contribution in [-0.4, -0.2) is 47.4 Å². The van der Waals surface area contributed by atoms with E-state index in [0.717, 1.165) is 91.1 Å². The zero-order chi connectivity index (χ0) is 24.9. The number of rotatable bonds is 10. The van der Waals surface area contributed by atoms with E-state index in [1.807, 2.05) is 6.07 Å². The molecule has 36 heavy (non-hydrogen) atoms. The molecule has 4 aromatic rings.